The molecule has 0 fully saturated rings. The van der Waals surface area contributed by atoms with Crippen molar-refractivity contribution in [2.45, 2.75) is 13.0 Å². The molecule has 0 amide bonds. The molecule has 20 heavy (non-hydrogen) atoms. The van der Waals surface area contributed by atoms with Gasteiger partial charge in [-0.1, -0.05) is 29.3 Å². The van der Waals surface area contributed by atoms with Gasteiger partial charge in [-0.3, -0.25) is 0 Å². The van der Waals surface area contributed by atoms with Crippen LogP contribution in [0.3, 0.4) is 0 Å². The zero-order valence-corrected chi connectivity index (χ0v) is 13.5. The summed E-state index contributed by atoms with van der Waals surface area (Å²) in [5.41, 5.74) is 0.822. The van der Waals surface area contributed by atoms with Gasteiger partial charge >= 0.3 is 0 Å². The third kappa shape index (κ3) is 3.43. The molecule has 1 unspecified atom stereocenters. The molecule has 2 aromatic rings. The van der Waals surface area contributed by atoms with Crippen molar-refractivity contribution in [1.29, 1.82) is 0 Å². The highest BCUT2D eigenvalue weighted by Gasteiger charge is 2.14. The fraction of sp³-hybridized carbons (Fsp3) is 0.143. The Kier molecular flexibility index (Phi) is 4.89. The van der Waals surface area contributed by atoms with E-state index in [1.54, 1.807) is 25.1 Å². The van der Waals surface area contributed by atoms with Crippen LogP contribution in [-0.4, -0.2) is 0 Å². The fourth-order valence-electron chi connectivity index (χ4n) is 1.80. The fourth-order valence-corrected chi connectivity index (χ4v) is 2.68. The predicted octanol–water partition coefficient (Wildman–Crippen LogP) is 6.21. The summed E-state index contributed by atoms with van der Waals surface area (Å²) >= 11 is 14.8. The Morgan fingerprint density at radius 3 is 2.45 bits per heavy atom. The molecule has 0 bridgehead atoms. The monoisotopic (exact) mass is 379 g/mol. The van der Waals surface area contributed by atoms with Gasteiger partial charge in [-0.15, -0.1) is 0 Å². The second-order valence-electron chi connectivity index (χ2n) is 4.28. The first-order valence-corrected chi connectivity index (χ1v) is 7.29. The molecule has 0 heterocycles. The van der Waals surface area contributed by atoms with Crippen molar-refractivity contribution in [1.82, 2.24) is 0 Å². The molecule has 0 aliphatic rings. The summed E-state index contributed by atoms with van der Waals surface area (Å²) in [5, 5.41) is 3.88. The van der Waals surface area contributed by atoms with E-state index in [1.165, 1.54) is 0 Å². The van der Waals surface area contributed by atoms with Crippen LogP contribution in [0.2, 0.25) is 10.0 Å². The summed E-state index contributed by atoms with van der Waals surface area (Å²) in [4.78, 5) is 0. The van der Waals surface area contributed by atoms with E-state index < -0.39 is 11.6 Å². The lowest BCUT2D eigenvalue weighted by Crippen LogP contribution is -2.09. The number of hydrogen-bond acceptors (Lipinski definition) is 1. The lowest BCUT2D eigenvalue weighted by Gasteiger charge is -2.18. The van der Waals surface area contributed by atoms with Gasteiger partial charge in [0.15, 0.2) is 0 Å². The van der Waals surface area contributed by atoms with Gasteiger partial charge in [0, 0.05) is 16.1 Å². The SMILES string of the molecule is CC(Nc1cc(F)c(Br)cc1F)c1ccc(Cl)cc1Cl. The van der Waals surface area contributed by atoms with Crippen molar-refractivity contribution in [3.05, 3.63) is 62.0 Å². The van der Waals surface area contributed by atoms with Crippen LogP contribution in [0.5, 0.6) is 0 Å². The van der Waals surface area contributed by atoms with Crippen LogP contribution in [0.25, 0.3) is 0 Å². The molecule has 106 valence electrons. The van der Waals surface area contributed by atoms with E-state index in [0.29, 0.717) is 10.0 Å². The van der Waals surface area contributed by atoms with Gasteiger partial charge < -0.3 is 5.32 Å². The molecule has 0 saturated heterocycles. The van der Waals surface area contributed by atoms with Crippen LogP contribution in [0.1, 0.15) is 18.5 Å². The first-order valence-electron chi connectivity index (χ1n) is 5.74. The Hall–Kier alpha value is -0.840. The quantitative estimate of drug-likeness (QED) is 0.624. The molecule has 0 aliphatic heterocycles. The minimum Gasteiger partial charge on any atom is -0.376 e. The van der Waals surface area contributed by atoms with Gasteiger partial charge in [0.1, 0.15) is 11.6 Å². The molecule has 6 heteroatoms. The maximum Gasteiger partial charge on any atom is 0.147 e. The minimum atomic E-state index is -0.546. The average molecular weight is 381 g/mol. The lowest BCUT2D eigenvalue weighted by molar-refractivity contribution is 0.595. The maximum atomic E-state index is 13.8. The summed E-state index contributed by atoms with van der Waals surface area (Å²) in [6.45, 7) is 1.80. The Bertz CT molecular complexity index is 649. The molecule has 0 aromatic heterocycles. The number of hydrogen-bond donors (Lipinski definition) is 1. The summed E-state index contributed by atoms with van der Waals surface area (Å²) in [6.07, 6.45) is 0. The van der Waals surface area contributed by atoms with E-state index in [0.717, 1.165) is 17.7 Å². The highest BCUT2D eigenvalue weighted by Crippen LogP contribution is 2.30. The van der Waals surface area contributed by atoms with Crippen molar-refractivity contribution in [2.75, 3.05) is 5.32 Å². The third-order valence-corrected chi connectivity index (χ3v) is 3.98. The Labute approximate surface area is 134 Å². The van der Waals surface area contributed by atoms with Crippen LogP contribution in [0.15, 0.2) is 34.8 Å². The normalized spacial score (nSPS) is 12.3. The predicted molar refractivity (Wildman–Crippen MR) is 82.6 cm³/mol. The molecule has 0 spiro atoms. The second-order valence-corrected chi connectivity index (χ2v) is 5.98. The largest absolute Gasteiger partial charge is 0.376 e. The number of rotatable bonds is 3. The van der Waals surface area contributed by atoms with Gasteiger partial charge in [0.25, 0.3) is 0 Å². The molecule has 0 saturated carbocycles. The summed E-state index contributed by atoms with van der Waals surface area (Å²) in [5.74, 6) is -1.08. The first-order chi connectivity index (χ1) is 9.38. The molecule has 2 rings (SSSR count). The Morgan fingerprint density at radius 2 is 1.80 bits per heavy atom. The Morgan fingerprint density at radius 1 is 1.10 bits per heavy atom. The Balaban J connectivity index is 2.27. The molecule has 1 nitrogen and oxygen atoms in total. The van der Waals surface area contributed by atoms with Crippen molar-refractivity contribution < 1.29 is 8.78 Å². The molecule has 1 atom stereocenters. The van der Waals surface area contributed by atoms with Gasteiger partial charge in [0.05, 0.1) is 16.2 Å². The lowest BCUT2D eigenvalue weighted by atomic mass is 10.1. The summed E-state index contributed by atoms with van der Waals surface area (Å²) < 4.78 is 27.3. The van der Waals surface area contributed by atoms with E-state index in [4.69, 9.17) is 23.2 Å². The first kappa shape index (κ1) is 15.5. The van der Waals surface area contributed by atoms with Crippen LogP contribution < -0.4 is 5.32 Å². The van der Waals surface area contributed by atoms with Crippen molar-refractivity contribution in [3.8, 4) is 0 Å². The summed E-state index contributed by atoms with van der Waals surface area (Å²) in [6, 6.07) is 6.92. The molecule has 1 N–H and O–H groups in total. The van der Waals surface area contributed by atoms with Gasteiger partial charge in [0.2, 0.25) is 0 Å². The van der Waals surface area contributed by atoms with E-state index in [-0.39, 0.29) is 16.2 Å². The molecule has 0 aliphatic carbocycles. The zero-order valence-electron chi connectivity index (χ0n) is 10.4. The second kappa shape index (κ2) is 6.29. The smallest absolute Gasteiger partial charge is 0.147 e. The minimum absolute atomic E-state index is 0.0733. The van der Waals surface area contributed by atoms with Gasteiger partial charge in [-0.25, -0.2) is 8.78 Å². The highest BCUT2D eigenvalue weighted by molar-refractivity contribution is 9.10. The highest BCUT2D eigenvalue weighted by atomic mass is 79.9. The average Bonchev–Trinajstić information content (AvgIpc) is 2.35. The zero-order chi connectivity index (χ0) is 14.9. The van der Waals surface area contributed by atoms with E-state index in [1.807, 2.05) is 0 Å². The van der Waals surface area contributed by atoms with Crippen LogP contribution in [0, 0.1) is 11.6 Å². The maximum absolute atomic E-state index is 13.8. The number of halogens is 5. The standard InChI is InChI=1S/C14H10BrCl2F2N/c1-7(9-3-2-8(16)4-11(9)17)20-14-6-12(18)10(15)5-13(14)19/h2-7,20H,1H3. The van der Waals surface area contributed by atoms with Crippen LogP contribution >= 0.6 is 39.1 Å². The number of benzene rings is 2. The van der Waals surface area contributed by atoms with E-state index >= 15 is 0 Å². The van der Waals surface area contributed by atoms with Gasteiger partial charge in [-0.2, -0.15) is 0 Å². The number of nitrogens with one attached hydrogen (secondary N) is 1. The molecule has 0 radical (unpaired) electrons. The molecule has 2 aromatic carbocycles. The van der Waals surface area contributed by atoms with Crippen LogP contribution in [-0.2, 0) is 0 Å². The molecular formula is C14H10BrCl2F2N. The van der Waals surface area contributed by atoms with Gasteiger partial charge in [-0.05, 0) is 46.6 Å². The molecular weight excluding hydrogens is 371 g/mol. The van der Waals surface area contributed by atoms with Crippen molar-refractivity contribution >= 4 is 44.8 Å². The van der Waals surface area contributed by atoms with Crippen molar-refractivity contribution in [2.24, 2.45) is 0 Å². The van der Waals surface area contributed by atoms with Crippen molar-refractivity contribution in [3.63, 3.8) is 0 Å². The topological polar surface area (TPSA) is 12.0 Å². The third-order valence-electron chi connectivity index (χ3n) is 2.81. The van der Waals surface area contributed by atoms with E-state index in [9.17, 15) is 8.78 Å². The summed E-state index contributed by atoms with van der Waals surface area (Å²) in [7, 11) is 0. The van der Waals surface area contributed by atoms with Crippen LogP contribution in [0.4, 0.5) is 14.5 Å². The number of anilines is 1. The van der Waals surface area contributed by atoms with E-state index in [2.05, 4.69) is 21.2 Å².